The van der Waals surface area contributed by atoms with Crippen LogP contribution in [0.15, 0.2) is 12.7 Å². The average Bonchev–Trinajstić information content (AvgIpc) is 3.03. The fraction of sp³-hybridized carbons (Fsp3) is 0.600. The lowest BCUT2D eigenvalue weighted by Crippen LogP contribution is -2.53. The SMILES string of the molecule is Cn1cnc2c(N3CCOC(C(=O)N4CCOCC4)C3)ncnc21. The molecule has 2 saturated heterocycles. The zero-order chi connectivity index (χ0) is 16.5. The van der Waals surface area contributed by atoms with E-state index < -0.39 is 6.10 Å². The van der Waals surface area contributed by atoms with E-state index in [0.717, 1.165) is 17.0 Å². The van der Waals surface area contributed by atoms with Crippen molar-refractivity contribution in [3.05, 3.63) is 12.7 Å². The zero-order valence-corrected chi connectivity index (χ0v) is 13.6. The Morgan fingerprint density at radius 2 is 2.00 bits per heavy atom. The van der Waals surface area contributed by atoms with Crippen LogP contribution in [0.3, 0.4) is 0 Å². The van der Waals surface area contributed by atoms with Gasteiger partial charge in [0.15, 0.2) is 23.1 Å². The van der Waals surface area contributed by atoms with Crippen LogP contribution in [-0.2, 0) is 21.3 Å². The van der Waals surface area contributed by atoms with Crippen LogP contribution >= 0.6 is 0 Å². The molecule has 9 heteroatoms. The van der Waals surface area contributed by atoms with Crippen molar-refractivity contribution < 1.29 is 14.3 Å². The van der Waals surface area contributed by atoms with Crippen molar-refractivity contribution in [1.82, 2.24) is 24.4 Å². The molecule has 0 aromatic carbocycles. The molecule has 1 amide bonds. The van der Waals surface area contributed by atoms with Gasteiger partial charge >= 0.3 is 0 Å². The van der Waals surface area contributed by atoms with Gasteiger partial charge < -0.3 is 23.8 Å². The van der Waals surface area contributed by atoms with E-state index in [0.29, 0.717) is 46.0 Å². The molecule has 0 spiro atoms. The topological polar surface area (TPSA) is 85.6 Å². The van der Waals surface area contributed by atoms with Gasteiger partial charge in [0.1, 0.15) is 6.33 Å². The summed E-state index contributed by atoms with van der Waals surface area (Å²) >= 11 is 0. The number of imidazole rings is 1. The van der Waals surface area contributed by atoms with Gasteiger partial charge in [-0.3, -0.25) is 4.79 Å². The van der Waals surface area contributed by atoms with Crippen LogP contribution in [0.25, 0.3) is 11.2 Å². The summed E-state index contributed by atoms with van der Waals surface area (Å²) in [6.07, 6.45) is 2.78. The number of aromatic nitrogens is 4. The summed E-state index contributed by atoms with van der Waals surface area (Å²) < 4.78 is 12.9. The quantitative estimate of drug-likeness (QED) is 0.728. The molecular formula is C15H20N6O3. The smallest absolute Gasteiger partial charge is 0.253 e. The highest BCUT2D eigenvalue weighted by Gasteiger charge is 2.32. The normalized spacial score (nSPS) is 22.1. The van der Waals surface area contributed by atoms with E-state index in [4.69, 9.17) is 9.47 Å². The van der Waals surface area contributed by atoms with E-state index in [2.05, 4.69) is 19.9 Å². The minimum absolute atomic E-state index is 0.0225. The lowest BCUT2D eigenvalue weighted by Gasteiger charge is -2.36. The van der Waals surface area contributed by atoms with Crippen molar-refractivity contribution in [3.8, 4) is 0 Å². The van der Waals surface area contributed by atoms with Crippen molar-refractivity contribution in [3.63, 3.8) is 0 Å². The summed E-state index contributed by atoms with van der Waals surface area (Å²) in [4.78, 5) is 29.6. The first-order valence-electron chi connectivity index (χ1n) is 8.09. The summed E-state index contributed by atoms with van der Waals surface area (Å²) in [7, 11) is 1.90. The first-order chi connectivity index (χ1) is 11.7. The van der Waals surface area contributed by atoms with Gasteiger partial charge in [0, 0.05) is 26.7 Å². The van der Waals surface area contributed by atoms with Gasteiger partial charge in [-0.1, -0.05) is 0 Å². The van der Waals surface area contributed by atoms with Gasteiger partial charge in [0.05, 0.1) is 32.7 Å². The van der Waals surface area contributed by atoms with Crippen LogP contribution in [0.4, 0.5) is 5.82 Å². The Morgan fingerprint density at radius 3 is 2.83 bits per heavy atom. The van der Waals surface area contributed by atoms with E-state index in [1.165, 1.54) is 6.33 Å². The lowest BCUT2D eigenvalue weighted by atomic mass is 10.2. The van der Waals surface area contributed by atoms with Crippen LogP contribution in [0.1, 0.15) is 0 Å². The Kier molecular flexibility index (Phi) is 4.03. The third-order valence-corrected chi connectivity index (χ3v) is 4.44. The molecule has 1 atom stereocenters. The number of anilines is 1. The first-order valence-corrected chi connectivity index (χ1v) is 8.09. The molecule has 0 aliphatic carbocycles. The van der Waals surface area contributed by atoms with Gasteiger partial charge in [0.25, 0.3) is 5.91 Å². The monoisotopic (exact) mass is 332 g/mol. The maximum absolute atomic E-state index is 12.7. The summed E-state index contributed by atoms with van der Waals surface area (Å²) in [6, 6.07) is 0. The molecule has 2 aromatic heterocycles. The van der Waals surface area contributed by atoms with Crippen LogP contribution in [-0.4, -0.2) is 82.4 Å². The van der Waals surface area contributed by atoms with Gasteiger partial charge in [-0.25, -0.2) is 15.0 Å². The Balaban J connectivity index is 1.54. The third kappa shape index (κ3) is 2.69. The van der Waals surface area contributed by atoms with E-state index in [-0.39, 0.29) is 5.91 Å². The predicted octanol–water partition coefficient (Wildman–Crippen LogP) is -0.573. The number of rotatable bonds is 2. The van der Waals surface area contributed by atoms with Gasteiger partial charge in [-0.2, -0.15) is 0 Å². The number of nitrogens with zero attached hydrogens (tertiary/aromatic N) is 6. The highest BCUT2D eigenvalue weighted by atomic mass is 16.5. The molecule has 4 rings (SSSR count). The Morgan fingerprint density at radius 1 is 1.17 bits per heavy atom. The fourth-order valence-electron chi connectivity index (χ4n) is 3.14. The third-order valence-electron chi connectivity index (χ3n) is 4.44. The molecule has 0 saturated carbocycles. The summed E-state index contributed by atoms with van der Waals surface area (Å²) in [6.45, 7) is 4.05. The molecule has 24 heavy (non-hydrogen) atoms. The number of hydrogen-bond acceptors (Lipinski definition) is 7. The average molecular weight is 332 g/mol. The molecule has 0 bridgehead atoms. The standard InChI is InChI=1S/C15H20N6O3/c1-19-10-18-12-13(19)16-9-17-14(12)21-4-7-24-11(8-21)15(22)20-2-5-23-6-3-20/h9-11H,2-8H2,1H3. The van der Waals surface area contributed by atoms with Gasteiger partial charge in [0.2, 0.25) is 0 Å². The molecular weight excluding hydrogens is 312 g/mol. The summed E-state index contributed by atoms with van der Waals surface area (Å²) in [5, 5.41) is 0. The Bertz CT molecular complexity index is 742. The second kappa shape index (κ2) is 6.33. The van der Waals surface area contributed by atoms with E-state index in [1.807, 2.05) is 16.5 Å². The number of fused-ring (bicyclic) bond motifs is 1. The Hall–Kier alpha value is -2.26. The van der Waals surface area contributed by atoms with Crippen molar-refractivity contribution in [2.75, 3.05) is 50.9 Å². The van der Waals surface area contributed by atoms with Crippen molar-refractivity contribution in [2.45, 2.75) is 6.10 Å². The van der Waals surface area contributed by atoms with Crippen LogP contribution in [0.2, 0.25) is 0 Å². The van der Waals surface area contributed by atoms with Crippen LogP contribution in [0.5, 0.6) is 0 Å². The molecule has 9 nitrogen and oxygen atoms in total. The molecule has 4 heterocycles. The number of morpholine rings is 2. The van der Waals surface area contributed by atoms with Crippen LogP contribution in [0, 0.1) is 0 Å². The lowest BCUT2D eigenvalue weighted by molar-refractivity contribution is -0.148. The molecule has 2 fully saturated rings. The number of carbonyl (C=O) groups excluding carboxylic acids is 1. The maximum Gasteiger partial charge on any atom is 0.253 e. The predicted molar refractivity (Wildman–Crippen MR) is 85.7 cm³/mol. The van der Waals surface area contributed by atoms with Gasteiger partial charge in [-0.05, 0) is 0 Å². The number of hydrogen-bond donors (Lipinski definition) is 0. The van der Waals surface area contributed by atoms with Crippen molar-refractivity contribution in [2.24, 2.45) is 7.05 Å². The van der Waals surface area contributed by atoms with Gasteiger partial charge in [-0.15, -0.1) is 0 Å². The largest absolute Gasteiger partial charge is 0.378 e. The highest BCUT2D eigenvalue weighted by molar-refractivity contribution is 5.85. The molecule has 2 aliphatic heterocycles. The summed E-state index contributed by atoms with van der Waals surface area (Å²) in [5.74, 6) is 0.776. The van der Waals surface area contributed by atoms with Crippen LogP contribution < -0.4 is 4.90 Å². The molecule has 0 N–H and O–H groups in total. The van der Waals surface area contributed by atoms with Crippen molar-refractivity contribution >= 4 is 22.9 Å². The molecule has 2 aromatic rings. The van der Waals surface area contributed by atoms with Crippen molar-refractivity contribution in [1.29, 1.82) is 0 Å². The second-order valence-corrected chi connectivity index (χ2v) is 5.97. The number of carbonyl (C=O) groups is 1. The van der Waals surface area contributed by atoms with E-state index in [9.17, 15) is 4.79 Å². The molecule has 2 aliphatic rings. The Labute approximate surface area is 139 Å². The maximum atomic E-state index is 12.7. The fourth-order valence-corrected chi connectivity index (χ4v) is 3.14. The number of ether oxygens (including phenoxy) is 2. The minimum atomic E-state index is -0.481. The van der Waals surface area contributed by atoms with E-state index in [1.54, 1.807) is 6.33 Å². The molecule has 0 radical (unpaired) electrons. The first kappa shape index (κ1) is 15.3. The molecule has 128 valence electrons. The van der Waals surface area contributed by atoms with E-state index >= 15 is 0 Å². The number of aryl methyl sites for hydroxylation is 1. The highest BCUT2D eigenvalue weighted by Crippen LogP contribution is 2.23. The zero-order valence-electron chi connectivity index (χ0n) is 13.6. The molecule has 1 unspecified atom stereocenters. The second-order valence-electron chi connectivity index (χ2n) is 5.97. The summed E-state index contributed by atoms with van der Waals surface area (Å²) in [5.41, 5.74) is 1.53. The number of amides is 1. The minimum Gasteiger partial charge on any atom is -0.378 e.